The smallest absolute Gasteiger partial charge is 0.237 e. The Labute approximate surface area is 126 Å². The van der Waals surface area contributed by atoms with E-state index in [1.54, 1.807) is 7.11 Å². The molecular weight excluding hydrogens is 264 g/mol. The van der Waals surface area contributed by atoms with Crippen LogP contribution in [-0.2, 0) is 22.5 Å². The highest BCUT2D eigenvalue weighted by Gasteiger charge is 2.42. The standard InChI is InChI=1S/C17H24N2O2/c1-21-9-8-17(6-7-17)12-19-16(20)15-10-13-4-2-3-5-14(13)11-18-15/h2-5,15,18H,6-12H2,1H3,(H,19,20)/t15-/m0/s1. The number of ether oxygens (including phenoxy) is 1. The first-order valence-electron chi connectivity index (χ1n) is 7.79. The molecule has 1 atom stereocenters. The fourth-order valence-electron chi connectivity index (χ4n) is 3.05. The van der Waals surface area contributed by atoms with Crippen molar-refractivity contribution in [3.63, 3.8) is 0 Å². The maximum absolute atomic E-state index is 12.4. The second-order valence-electron chi connectivity index (χ2n) is 6.37. The molecule has 1 saturated carbocycles. The number of fused-ring (bicyclic) bond motifs is 1. The van der Waals surface area contributed by atoms with Gasteiger partial charge in [-0.2, -0.15) is 0 Å². The summed E-state index contributed by atoms with van der Waals surface area (Å²) in [5.41, 5.74) is 2.90. The molecule has 0 bridgehead atoms. The molecule has 4 heteroatoms. The van der Waals surface area contributed by atoms with Gasteiger partial charge in [-0.3, -0.25) is 4.79 Å². The van der Waals surface area contributed by atoms with E-state index in [4.69, 9.17) is 4.74 Å². The number of amides is 1. The van der Waals surface area contributed by atoms with E-state index in [-0.39, 0.29) is 11.9 Å². The van der Waals surface area contributed by atoms with Crippen molar-refractivity contribution >= 4 is 5.91 Å². The van der Waals surface area contributed by atoms with Gasteiger partial charge in [0.15, 0.2) is 0 Å². The van der Waals surface area contributed by atoms with E-state index in [0.29, 0.717) is 5.41 Å². The summed E-state index contributed by atoms with van der Waals surface area (Å²) in [6.07, 6.45) is 4.24. The summed E-state index contributed by atoms with van der Waals surface area (Å²) in [6.45, 7) is 2.35. The second kappa shape index (κ2) is 6.16. The maximum atomic E-state index is 12.4. The number of methoxy groups -OCH3 is 1. The molecule has 1 fully saturated rings. The number of nitrogens with one attached hydrogen (secondary N) is 2. The van der Waals surface area contributed by atoms with Gasteiger partial charge in [0, 0.05) is 26.8 Å². The van der Waals surface area contributed by atoms with Crippen molar-refractivity contribution in [3.05, 3.63) is 35.4 Å². The van der Waals surface area contributed by atoms with Crippen molar-refractivity contribution in [3.8, 4) is 0 Å². The molecule has 4 nitrogen and oxygen atoms in total. The molecule has 1 aromatic carbocycles. The molecule has 0 radical (unpaired) electrons. The third-order valence-corrected chi connectivity index (χ3v) is 4.83. The lowest BCUT2D eigenvalue weighted by molar-refractivity contribution is -0.123. The van der Waals surface area contributed by atoms with Crippen LogP contribution in [0.2, 0.25) is 0 Å². The largest absolute Gasteiger partial charge is 0.385 e. The predicted molar refractivity (Wildman–Crippen MR) is 81.9 cm³/mol. The van der Waals surface area contributed by atoms with Crippen LogP contribution in [0, 0.1) is 5.41 Å². The molecule has 0 unspecified atom stereocenters. The van der Waals surface area contributed by atoms with Crippen molar-refractivity contribution in [2.75, 3.05) is 20.3 Å². The minimum absolute atomic E-state index is 0.0990. The molecule has 1 aliphatic carbocycles. The minimum atomic E-state index is -0.0990. The molecule has 1 aromatic rings. The summed E-state index contributed by atoms with van der Waals surface area (Å²) in [5.74, 6) is 0.133. The van der Waals surface area contributed by atoms with Gasteiger partial charge in [-0.25, -0.2) is 0 Å². The van der Waals surface area contributed by atoms with Crippen molar-refractivity contribution in [2.24, 2.45) is 5.41 Å². The Morgan fingerprint density at radius 1 is 1.38 bits per heavy atom. The lowest BCUT2D eigenvalue weighted by Crippen LogP contribution is -2.48. The lowest BCUT2D eigenvalue weighted by Gasteiger charge is -2.26. The summed E-state index contributed by atoms with van der Waals surface area (Å²) >= 11 is 0. The summed E-state index contributed by atoms with van der Waals surface area (Å²) in [4.78, 5) is 12.4. The maximum Gasteiger partial charge on any atom is 0.237 e. The monoisotopic (exact) mass is 288 g/mol. The quantitative estimate of drug-likeness (QED) is 0.836. The van der Waals surface area contributed by atoms with Gasteiger partial charge in [-0.15, -0.1) is 0 Å². The van der Waals surface area contributed by atoms with Gasteiger partial charge < -0.3 is 15.4 Å². The van der Waals surface area contributed by atoms with Gasteiger partial charge in [0.1, 0.15) is 0 Å². The number of carbonyl (C=O) groups excluding carboxylic acids is 1. The van der Waals surface area contributed by atoms with Gasteiger partial charge in [0.2, 0.25) is 5.91 Å². The fourth-order valence-corrected chi connectivity index (χ4v) is 3.05. The van der Waals surface area contributed by atoms with Crippen LogP contribution in [0.5, 0.6) is 0 Å². The summed E-state index contributed by atoms with van der Waals surface area (Å²) < 4.78 is 5.15. The number of hydrogen-bond donors (Lipinski definition) is 2. The van der Waals surface area contributed by atoms with Crippen LogP contribution in [0.15, 0.2) is 24.3 Å². The second-order valence-corrected chi connectivity index (χ2v) is 6.37. The van der Waals surface area contributed by atoms with Crippen molar-refractivity contribution < 1.29 is 9.53 Å². The highest BCUT2D eigenvalue weighted by atomic mass is 16.5. The first-order valence-corrected chi connectivity index (χ1v) is 7.79. The number of carbonyl (C=O) groups is 1. The van der Waals surface area contributed by atoms with Crippen LogP contribution in [0.3, 0.4) is 0 Å². The molecule has 1 aliphatic heterocycles. The highest BCUT2D eigenvalue weighted by Crippen LogP contribution is 2.48. The van der Waals surface area contributed by atoms with E-state index in [2.05, 4.69) is 22.8 Å². The minimum Gasteiger partial charge on any atom is -0.385 e. The molecule has 1 heterocycles. The summed E-state index contributed by atoms with van der Waals surface area (Å²) in [7, 11) is 1.73. The Hall–Kier alpha value is -1.39. The van der Waals surface area contributed by atoms with Crippen LogP contribution < -0.4 is 10.6 Å². The average molecular weight is 288 g/mol. The van der Waals surface area contributed by atoms with Crippen LogP contribution in [0.1, 0.15) is 30.4 Å². The Morgan fingerprint density at radius 3 is 2.86 bits per heavy atom. The normalized spacial score (nSPS) is 22.4. The van der Waals surface area contributed by atoms with E-state index >= 15 is 0 Å². The molecular formula is C17H24N2O2. The number of rotatable bonds is 6. The first kappa shape index (κ1) is 14.5. The summed E-state index contributed by atoms with van der Waals surface area (Å²) in [6, 6.07) is 8.24. The molecule has 21 heavy (non-hydrogen) atoms. The van der Waals surface area contributed by atoms with Crippen LogP contribution in [0.25, 0.3) is 0 Å². The molecule has 114 valence electrons. The molecule has 0 spiro atoms. The number of benzene rings is 1. The molecule has 0 aromatic heterocycles. The van der Waals surface area contributed by atoms with Crippen LogP contribution in [-0.4, -0.2) is 32.2 Å². The van der Waals surface area contributed by atoms with Crippen LogP contribution in [0.4, 0.5) is 0 Å². The predicted octanol–water partition coefficient (Wildman–Crippen LogP) is 1.63. The van der Waals surface area contributed by atoms with Gasteiger partial charge in [0.25, 0.3) is 0 Å². The highest BCUT2D eigenvalue weighted by molar-refractivity contribution is 5.82. The molecule has 0 saturated heterocycles. The Kier molecular flexibility index (Phi) is 4.27. The average Bonchev–Trinajstić information content (AvgIpc) is 3.30. The Bertz CT molecular complexity index is 511. The Balaban J connectivity index is 1.51. The van der Waals surface area contributed by atoms with Crippen molar-refractivity contribution in [1.29, 1.82) is 0 Å². The van der Waals surface area contributed by atoms with Gasteiger partial charge in [0.05, 0.1) is 6.04 Å². The van der Waals surface area contributed by atoms with Crippen molar-refractivity contribution in [1.82, 2.24) is 10.6 Å². The van der Waals surface area contributed by atoms with Crippen LogP contribution >= 0.6 is 0 Å². The van der Waals surface area contributed by atoms with E-state index in [0.717, 1.165) is 32.5 Å². The molecule has 1 amide bonds. The van der Waals surface area contributed by atoms with Crippen molar-refractivity contribution in [2.45, 2.75) is 38.3 Å². The zero-order valence-corrected chi connectivity index (χ0v) is 12.7. The molecule has 2 N–H and O–H groups in total. The topological polar surface area (TPSA) is 50.4 Å². The Morgan fingerprint density at radius 2 is 2.14 bits per heavy atom. The van der Waals surface area contributed by atoms with Gasteiger partial charge in [-0.1, -0.05) is 24.3 Å². The first-order chi connectivity index (χ1) is 10.2. The molecule has 2 aliphatic rings. The SMILES string of the molecule is COCCC1(CNC(=O)[C@@H]2Cc3ccccc3CN2)CC1. The molecule has 3 rings (SSSR count). The summed E-state index contributed by atoms with van der Waals surface area (Å²) in [5, 5.41) is 6.48. The lowest BCUT2D eigenvalue weighted by atomic mass is 9.95. The van der Waals surface area contributed by atoms with E-state index in [9.17, 15) is 4.79 Å². The van der Waals surface area contributed by atoms with E-state index < -0.39 is 0 Å². The van der Waals surface area contributed by atoms with Gasteiger partial charge >= 0.3 is 0 Å². The van der Waals surface area contributed by atoms with Gasteiger partial charge in [-0.05, 0) is 42.2 Å². The fraction of sp³-hybridized carbons (Fsp3) is 0.588. The van der Waals surface area contributed by atoms with E-state index in [1.807, 2.05) is 12.1 Å². The third-order valence-electron chi connectivity index (χ3n) is 4.83. The third kappa shape index (κ3) is 3.44. The number of hydrogen-bond acceptors (Lipinski definition) is 3. The van der Waals surface area contributed by atoms with E-state index in [1.165, 1.54) is 24.0 Å². The zero-order chi connectivity index (χ0) is 14.7. The zero-order valence-electron chi connectivity index (χ0n) is 12.7.